The van der Waals surface area contributed by atoms with Crippen LogP contribution in [-0.2, 0) is 11.2 Å². The Kier molecular flexibility index (Phi) is 4.66. The van der Waals surface area contributed by atoms with Crippen molar-refractivity contribution in [3.05, 3.63) is 35.9 Å². The predicted molar refractivity (Wildman–Crippen MR) is 76.7 cm³/mol. The lowest BCUT2D eigenvalue weighted by Crippen LogP contribution is -2.49. The van der Waals surface area contributed by atoms with E-state index in [0.717, 1.165) is 19.4 Å². The van der Waals surface area contributed by atoms with Crippen molar-refractivity contribution in [1.82, 2.24) is 0 Å². The maximum atomic E-state index is 6.66. The Hall–Kier alpha value is -0.313. The van der Waals surface area contributed by atoms with Crippen LogP contribution < -0.4 is 0 Å². The summed E-state index contributed by atoms with van der Waals surface area (Å²) in [4.78, 5) is 0. The third-order valence-electron chi connectivity index (χ3n) is 3.81. The number of ether oxygens (including phenoxy) is 1. The van der Waals surface area contributed by atoms with Gasteiger partial charge >= 0.3 is 0 Å². The summed E-state index contributed by atoms with van der Waals surface area (Å²) in [7, 11) is -0.256. The fourth-order valence-electron chi connectivity index (χ4n) is 2.63. The first-order chi connectivity index (χ1) is 8.27. The molecule has 0 amide bonds. The highest BCUT2D eigenvalue weighted by atomic mass is 35.5. The summed E-state index contributed by atoms with van der Waals surface area (Å²) in [6.07, 6.45) is 4.57. The second kappa shape index (κ2) is 6.03. The standard InChI is InChI=1S/C14H21ClOSi/c1-17-14(9-5-6-10-16-14)13(15)11-12-7-3-2-4-8-12/h2-4,7-8,13H,5-6,9-11,17H2,1H3. The van der Waals surface area contributed by atoms with Gasteiger partial charge in [0.15, 0.2) is 0 Å². The molecule has 0 bridgehead atoms. The zero-order chi connectivity index (χ0) is 12.1. The molecule has 2 atom stereocenters. The quantitative estimate of drug-likeness (QED) is 0.603. The van der Waals surface area contributed by atoms with Crippen molar-refractivity contribution in [2.75, 3.05) is 6.61 Å². The summed E-state index contributed by atoms with van der Waals surface area (Å²) in [5, 5.41) is 0.178. The number of alkyl halides is 1. The summed E-state index contributed by atoms with van der Waals surface area (Å²) >= 11 is 6.66. The van der Waals surface area contributed by atoms with Gasteiger partial charge in [0.1, 0.15) is 0 Å². The summed E-state index contributed by atoms with van der Waals surface area (Å²) in [6, 6.07) is 10.5. The summed E-state index contributed by atoms with van der Waals surface area (Å²) in [6.45, 7) is 3.23. The van der Waals surface area contributed by atoms with Crippen molar-refractivity contribution in [2.45, 2.75) is 42.8 Å². The molecule has 1 aromatic carbocycles. The first kappa shape index (κ1) is 13.1. The van der Waals surface area contributed by atoms with E-state index >= 15 is 0 Å². The van der Waals surface area contributed by atoms with Crippen LogP contribution in [0.1, 0.15) is 24.8 Å². The van der Waals surface area contributed by atoms with E-state index in [1.807, 2.05) is 6.07 Å². The topological polar surface area (TPSA) is 9.23 Å². The molecule has 2 rings (SSSR count). The Balaban J connectivity index is 2.04. The van der Waals surface area contributed by atoms with Crippen LogP contribution in [0.2, 0.25) is 6.55 Å². The number of hydrogen-bond acceptors (Lipinski definition) is 1. The number of benzene rings is 1. The SMILES string of the molecule is C[SiH2]C1(C(Cl)Cc2ccccc2)CCCCO1. The largest absolute Gasteiger partial charge is 0.378 e. The molecule has 94 valence electrons. The van der Waals surface area contributed by atoms with Crippen molar-refractivity contribution in [3.8, 4) is 0 Å². The van der Waals surface area contributed by atoms with Crippen LogP contribution in [0.4, 0.5) is 0 Å². The minimum Gasteiger partial charge on any atom is -0.378 e. The Morgan fingerprint density at radius 1 is 1.35 bits per heavy atom. The molecule has 1 aliphatic rings. The summed E-state index contributed by atoms with van der Waals surface area (Å²) in [5.74, 6) is 0. The van der Waals surface area contributed by atoms with Crippen LogP contribution in [-0.4, -0.2) is 26.7 Å². The third kappa shape index (κ3) is 3.12. The zero-order valence-electron chi connectivity index (χ0n) is 10.5. The van der Waals surface area contributed by atoms with E-state index in [1.54, 1.807) is 0 Å². The lowest BCUT2D eigenvalue weighted by Gasteiger charge is -2.40. The van der Waals surface area contributed by atoms with Crippen LogP contribution in [0.15, 0.2) is 30.3 Å². The molecule has 1 saturated heterocycles. The van der Waals surface area contributed by atoms with Gasteiger partial charge < -0.3 is 4.74 Å². The highest BCUT2D eigenvalue weighted by molar-refractivity contribution is 6.41. The third-order valence-corrected chi connectivity index (χ3v) is 6.87. The average Bonchev–Trinajstić information content (AvgIpc) is 2.40. The van der Waals surface area contributed by atoms with Crippen LogP contribution in [0.5, 0.6) is 0 Å². The van der Waals surface area contributed by atoms with E-state index in [-0.39, 0.29) is 20.1 Å². The van der Waals surface area contributed by atoms with Crippen molar-refractivity contribution in [3.63, 3.8) is 0 Å². The van der Waals surface area contributed by atoms with E-state index in [4.69, 9.17) is 16.3 Å². The highest BCUT2D eigenvalue weighted by Gasteiger charge is 2.38. The van der Waals surface area contributed by atoms with Gasteiger partial charge in [-0.1, -0.05) is 36.9 Å². The second-order valence-electron chi connectivity index (χ2n) is 4.88. The molecule has 1 aliphatic heterocycles. The summed E-state index contributed by atoms with van der Waals surface area (Å²) < 4.78 is 6.08. The molecule has 1 nitrogen and oxygen atoms in total. The van der Waals surface area contributed by atoms with E-state index in [9.17, 15) is 0 Å². The number of halogens is 1. The molecule has 1 aromatic rings. The zero-order valence-corrected chi connectivity index (χ0v) is 12.7. The molecular formula is C14H21ClOSi. The monoisotopic (exact) mass is 268 g/mol. The Morgan fingerprint density at radius 2 is 2.12 bits per heavy atom. The van der Waals surface area contributed by atoms with Crippen LogP contribution >= 0.6 is 11.6 Å². The minimum absolute atomic E-state index is 0.0373. The van der Waals surface area contributed by atoms with Gasteiger partial charge in [0, 0.05) is 6.61 Å². The molecule has 0 aromatic heterocycles. The highest BCUT2D eigenvalue weighted by Crippen LogP contribution is 2.32. The van der Waals surface area contributed by atoms with Gasteiger partial charge in [0.25, 0.3) is 0 Å². The normalized spacial score (nSPS) is 27.4. The van der Waals surface area contributed by atoms with Gasteiger partial charge in [0.2, 0.25) is 0 Å². The molecule has 0 saturated carbocycles. The molecule has 3 heteroatoms. The first-order valence-corrected chi connectivity index (χ1v) is 9.14. The lowest BCUT2D eigenvalue weighted by atomic mass is 10.00. The molecule has 0 aliphatic carbocycles. The Morgan fingerprint density at radius 3 is 2.71 bits per heavy atom. The second-order valence-corrected chi connectivity index (χ2v) is 7.31. The molecular weight excluding hydrogens is 248 g/mol. The van der Waals surface area contributed by atoms with Gasteiger partial charge in [-0.25, -0.2) is 0 Å². The molecule has 17 heavy (non-hydrogen) atoms. The predicted octanol–water partition coefficient (Wildman–Crippen LogP) is 2.95. The van der Waals surface area contributed by atoms with E-state index in [2.05, 4.69) is 30.8 Å². The fourth-order valence-corrected chi connectivity index (χ4v) is 4.98. The molecule has 1 fully saturated rings. The van der Waals surface area contributed by atoms with Gasteiger partial charge in [-0.3, -0.25) is 0 Å². The van der Waals surface area contributed by atoms with Crippen LogP contribution in [0, 0.1) is 0 Å². The Labute approximate surface area is 111 Å². The van der Waals surface area contributed by atoms with E-state index in [0.29, 0.717) is 0 Å². The van der Waals surface area contributed by atoms with E-state index in [1.165, 1.54) is 18.4 Å². The molecule has 2 unspecified atom stereocenters. The van der Waals surface area contributed by atoms with Gasteiger partial charge in [-0.2, -0.15) is 0 Å². The Bertz CT molecular complexity index is 335. The summed E-state index contributed by atoms with van der Waals surface area (Å²) in [5.41, 5.74) is 1.32. The van der Waals surface area contributed by atoms with Crippen LogP contribution in [0.25, 0.3) is 0 Å². The minimum atomic E-state index is -0.256. The van der Waals surface area contributed by atoms with E-state index < -0.39 is 0 Å². The van der Waals surface area contributed by atoms with Crippen molar-refractivity contribution in [2.24, 2.45) is 0 Å². The smallest absolute Gasteiger partial charge is 0.0680 e. The van der Waals surface area contributed by atoms with Crippen LogP contribution in [0.3, 0.4) is 0 Å². The molecule has 0 spiro atoms. The average molecular weight is 269 g/mol. The first-order valence-electron chi connectivity index (χ1n) is 6.59. The maximum absolute atomic E-state index is 6.66. The van der Waals surface area contributed by atoms with Crippen molar-refractivity contribution < 1.29 is 4.74 Å². The lowest BCUT2D eigenvalue weighted by molar-refractivity contribution is -0.0220. The van der Waals surface area contributed by atoms with Crippen molar-refractivity contribution in [1.29, 1.82) is 0 Å². The molecule has 0 radical (unpaired) electrons. The van der Waals surface area contributed by atoms with Gasteiger partial charge in [-0.05, 0) is 31.2 Å². The number of hydrogen-bond donors (Lipinski definition) is 0. The fraction of sp³-hybridized carbons (Fsp3) is 0.571. The van der Waals surface area contributed by atoms with Gasteiger partial charge in [-0.15, -0.1) is 11.6 Å². The maximum Gasteiger partial charge on any atom is 0.0680 e. The molecule has 1 heterocycles. The van der Waals surface area contributed by atoms with Gasteiger partial charge in [0.05, 0.1) is 20.1 Å². The molecule has 0 N–H and O–H groups in total. The van der Waals surface area contributed by atoms with Crippen molar-refractivity contribution >= 4 is 21.1 Å². The number of rotatable bonds is 4.